The molecule has 2 aromatic rings. The largest absolute Gasteiger partial charge is 0.457 e. The van der Waals surface area contributed by atoms with Crippen LogP contribution in [-0.2, 0) is 0 Å². The van der Waals surface area contributed by atoms with Crippen LogP contribution in [-0.4, -0.2) is 0 Å². The Morgan fingerprint density at radius 1 is 1.17 bits per heavy atom. The lowest BCUT2D eigenvalue weighted by atomic mass is 10.2. The van der Waals surface area contributed by atoms with Gasteiger partial charge in [-0.1, -0.05) is 27.5 Å². The first-order valence-electron chi connectivity index (χ1n) is 4.92. The molecule has 0 unspecified atom stereocenters. The van der Waals surface area contributed by atoms with Gasteiger partial charge in [-0.05, 0) is 30.3 Å². The maximum absolute atomic E-state index is 13.2. The molecular formula is C13H6BrClFNO. The van der Waals surface area contributed by atoms with E-state index < -0.39 is 5.82 Å². The SMILES string of the molecule is N#Cc1cc(Br)cc(Oc2ccc(Cl)c(F)c2)c1. The van der Waals surface area contributed by atoms with Gasteiger partial charge in [0, 0.05) is 10.5 Å². The fraction of sp³-hybridized carbons (Fsp3) is 0. The van der Waals surface area contributed by atoms with E-state index in [9.17, 15) is 4.39 Å². The highest BCUT2D eigenvalue weighted by Crippen LogP contribution is 2.28. The van der Waals surface area contributed by atoms with Crippen LogP contribution in [0.1, 0.15) is 5.56 Å². The molecule has 2 rings (SSSR count). The maximum Gasteiger partial charge on any atom is 0.145 e. The second-order valence-electron chi connectivity index (χ2n) is 3.47. The van der Waals surface area contributed by atoms with Crippen LogP contribution in [0.25, 0.3) is 0 Å². The third-order valence-electron chi connectivity index (χ3n) is 2.13. The molecule has 0 saturated carbocycles. The molecule has 0 atom stereocenters. The summed E-state index contributed by atoms with van der Waals surface area (Å²) < 4.78 is 19.4. The molecule has 18 heavy (non-hydrogen) atoms. The second-order valence-corrected chi connectivity index (χ2v) is 4.79. The van der Waals surface area contributed by atoms with Gasteiger partial charge in [0.25, 0.3) is 0 Å². The van der Waals surface area contributed by atoms with Crippen molar-refractivity contribution in [3.8, 4) is 17.6 Å². The standard InChI is InChI=1S/C13H6BrClFNO/c14-9-3-8(7-17)4-11(5-9)18-10-1-2-12(15)13(16)6-10/h1-6H. The summed E-state index contributed by atoms with van der Waals surface area (Å²) in [7, 11) is 0. The van der Waals surface area contributed by atoms with Gasteiger partial charge in [-0.15, -0.1) is 0 Å². The van der Waals surface area contributed by atoms with Crippen molar-refractivity contribution in [3.63, 3.8) is 0 Å². The van der Waals surface area contributed by atoms with Gasteiger partial charge in [0.05, 0.1) is 16.7 Å². The van der Waals surface area contributed by atoms with Crippen molar-refractivity contribution in [2.75, 3.05) is 0 Å². The lowest BCUT2D eigenvalue weighted by Gasteiger charge is -2.07. The van der Waals surface area contributed by atoms with Gasteiger partial charge in [0.15, 0.2) is 0 Å². The number of hydrogen-bond donors (Lipinski definition) is 0. The topological polar surface area (TPSA) is 33.0 Å². The average molecular weight is 327 g/mol. The summed E-state index contributed by atoms with van der Waals surface area (Å²) in [6.45, 7) is 0. The first kappa shape index (κ1) is 12.9. The fourth-order valence-electron chi connectivity index (χ4n) is 1.36. The summed E-state index contributed by atoms with van der Waals surface area (Å²) >= 11 is 8.84. The number of ether oxygens (including phenoxy) is 1. The first-order chi connectivity index (χ1) is 8.58. The summed E-state index contributed by atoms with van der Waals surface area (Å²) in [6, 6.07) is 11.1. The molecule has 0 radical (unpaired) electrons. The van der Waals surface area contributed by atoms with Crippen LogP contribution in [0.15, 0.2) is 40.9 Å². The van der Waals surface area contributed by atoms with Gasteiger partial charge in [-0.2, -0.15) is 5.26 Å². The van der Waals surface area contributed by atoms with Crippen LogP contribution < -0.4 is 4.74 Å². The molecule has 0 aromatic heterocycles. The number of nitrogens with zero attached hydrogens (tertiary/aromatic N) is 1. The lowest BCUT2D eigenvalue weighted by Crippen LogP contribution is -1.87. The molecule has 2 nitrogen and oxygen atoms in total. The minimum atomic E-state index is -0.551. The molecule has 0 aliphatic heterocycles. The van der Waals surface area contributed by atoms with Crippen LogP contribution in [0.5, 0.6) is 11.5 Å². The van der Waals surface area contributed by atoms with E-state index in [-0.39, 0.29) is 5.02 Å². The molecule has 2 aromatic carbocycles. The van der Waals surface area contributed by atoms with Crippen molar-refractivity contribution in [1.29, 1.82) is 5.26 Å². The summed E-state index contributed by atoms with van der Waals surface area (Å²) in [4.78, 5) is 0. The monoisotopic (exact) mass is 325 g/mol. The Bertz CT molecular complexity index is 639. The second kappa shape index (κ2) is 5.38. The third kappa shape index (κ3) is 3.00. The Hall–Kier alpha value is -1.57. The van der Waals surface area contributed by atoms with E-state index in [4.69, 9.17) is 21.6 Å². The number of hydrogen-bond acceptors (Lipinski definition) is 2. The molecule has 0 bridgehead atoms. The minimum Gasteiger partial charge on any atom is -0.457 e. The van der Waals surface area contributed by atoms with Crippen LogP contribution in [0.3, 0.4) is 0 Å². The van der Waals surface area contributed by atoms with Gasteiger partial charge < -0.3 is 4.74 Å². The van der Waals surface area contributed by atoms with E-state index in [0.29, 0.717) is 21.5 Å². The average Bonchev–Trinajstić information content (AvgIpc) is 2.33. The zero-order valence-electron chi connectivity index (χ0n) is 8.95. The van der Waals surface area contributed by atoms with Crippen LogP contribution in [0.4, 0.5) is 4.39 Å². The Kier molecular flexibility index (Phi) is 3.85. The number of nitriles is 1. The predicted octanol–water partition coefficient (Wildman–Crippen LogP) is 4.91. The van der Waals surface area contributed by atoms with E-state index in [1.807, 2.05) is 6.07 Å². The molecule has 0 aliphatic rings. The molecule has 0 spiro atoms. The maximum atomic E-state index is 13.2. The quantitative estimate of drug-likeness (QED) is 0.786. The molecule has 5 heteroatoms. The van der Waals surface area contributed by atoms with Crippen molar-refractivity contribution in [1.82, 2.24) is 0 Å². The van der Waals surface area contributed by atoms with Crippen LogP contribution in [0, 0.1) is 17.1 Å². The molecule has 0 amide bonds. The molecule has 0 N–H and O–H groups in total. The van der Waals surface area contributed by atoms with E-state index in [1.165, 1.54) is 12.1 Å². The molecular weight excluding hydrogens is 321 g/mol. The van der Waals surface area contributed by atoms with E-state index >= 15 is 0 Å². The van der Waals surface area contributed by atoms with Crippen LogP contribution >= 0.6 is 27.5 Å². The molecule has 0 aliphatic carbocycles. The smallest absolute Gasteiger partial charge is 0.145 e. The molecule has 90 valence electrons. The number of benzene rings is 2. The van der Waals surface area contributed by atoms with Gasteiger partial charge in [-0.25, -0.2) is 4.39 Å². The van der Waals surface area contributed by atoms with E-state index in [0.717, 1.165) is 0 Å². The first-order valence-corrected chi connectivity index (χ1v) is 6.09. The summed E-state index contributed by atoms with van der Waals surface area (Å²) in [5.41, 5.74) is 0.453. The fourth-order valence-corrected chi connectivity index (χ4v) is 1.95. The number of rotatable bonds is 2. The Labute approximate surface area is 117 Å². The minimum absolute atomic E-state index is 0.0364. The third-order valence-corrected chi connectivity index (χ3v) is 2.89. The Morgan fingerprint density at radius 3 is 2.61 bits per heavy atom. The van der Waals surface area contributed by atoms with E-state index in [1.54, 1.807) is 24.3 Å². The zero-order valence-corrected chi connectivity index (χ0v) is 11.3. The van der Waals surface area contributed by atoms with Crippen molar-refractivity contribution in [2.45, 2.75) is 0 Å². The predicted molar refractivity (Wildman–Crippen MR) is 70.3 cm³/mol. The van der Waals surface area contributed by atoms with Crippen molar-refractivity contribution >= 4 is 27.5 Å². The molecule has 0 heterocycles. The van der Waals surface area contributed by atoms with Gasteiger partial charge in [-0.3, -0.25) is 0 Å². The van der Waals surface area contributed by atoms with Crippen molar-refractivity contribution < 1.29 is 9.13 Å². The van der Waals surface area contributed by atoms with Gasteiger partial charge in [0.1, 0.15) is 17.3 Å². The molecule has 0 fully saturated rings. The lowest BCUT2D eigenvalue weighted by molar-refractivity contribution is 0.476. The van der Waals surface area contributed by atoms with Gasteiger partial charge in [0.2, 0.25) is 0 Å². The normalized spacial score (nSPS) is 9.89. The molecule has 0 saturated heterocycles. The highest BCUT2D eigenvalue weighted by atomic mass is 79.9. The van der Waals surface area contributed by atoms with Crippen molar-refractivity contribution in [2.24, 2.45) is 0 Å². The van der Waals surface area contributed by atoms with Crippen molar-refractivity contribution in [3.05, 3.63) is 57.3 Å². The highest BCUT2D eigenvalue weighted by Gasteiger charge is 2.05. The van der Waals surface area contributed by atoms with E-state index in [2.05, 4.69) is 15.9 Å². The van der Waals surface area contributed by atoms with Gasteiger partial charge >= 0.3 is 0 Å². The van der Waals surface area contributed by atoms with Crippen LogP contribution in [0.2, 0.25) is 5.02 Å². The number of halogens is 3. The highest BCUT2D eigenvalue weighted by molar-refractivity contribution is 9.10. The zero-order chi connectivity index (χ0) is 13.1. The summed E-state index contributed by atoms with van der Waals surface area (Å²) in [5, 5.41) is 8.87. The summed E-state index contributed by atoms with van der Waals surface area (Å²) in [5.74, 6) is 0.214. The summed E-state index contributed by atoms with van der Waals surface area (Å²) in [6.07, 6.45) is 0. The Morgan fingerprint density at radius 2 is 1.94 bits per heavy atom. The Balaban J connectivity index is 2.31.